The van der Waals surface area contributed by atoms with Crippen LogP contribution in [0, 0.1) is 0 Å². The van der Waals surface area contributed by atoms with E-state index in [1.807, 2.05) is 53.2 Å². The Morgan fingerprint density at radius 3 is 2.37 bits per heavy atom. The third-order valence-electron chi connectivity index (χ3n) is 4.46. The Kier molecular flexibility index (Phi) is 6.39. The molecular weight excluding hydrogens is 336 g/mol. The molecule has 0 aliphatic carbocycles. The third-order valence-corrected chi connectivity index (χ3v) is 4.46. The van der Waals surface area contributed by atoms with Crippen LogP contribution in [-0.2, 0) is 11.3 Å². The maximum absolute atomic E-state index is 11.5. The molecule has 0 unspecified atom stereocenters. The van der Waals surface area contributed by atoms with Gasteiger partial charge in [-0.2, -0.15) is 5.10 Å². The standard InChI is InChI=1S/C22H26N4O/c1-2-3-14-25(17-21(23)27)15-19-16-26(20-12-8-5-9-13-20)24-22(19)18-10-6-4-7-11-18/h4-13,16H,2-3,14-15,17H2,1H3,(H2,23,27). The van der Waals surface area contributed by atoms with Crippen molar-refractivity contribution in [2.45, 2.75) is 26.3 Å². The van der Waals surface area contributed by atoms with Crippen molar-refractivity contribution in [2.24, 2.45) is 5.73 Å². The van der Waals surface area contributed by atoms with E-state index in [0.29, 0.717) is 6.54 Å². The molecule has 3 aromatic rings. The summed E-state index contributed by atoms with van der Waals surface area (Å²) >= 11 is 0. The fraction of sp³-hybridized carbons (Fsp3) is 0.273. The number of para-hydroxylation sites is 1. The molecule has 0 atom stereocenters. The second-order valence-corrected chi connectivity index (χ2v) is 6.68. The van der Waals surface area contributed by atoms with Crippen molar-refractivity contribution in [1.29, 1.82) is 0 Å². The second kappa shape index (κ2) is 9.14. The zero-order chi connectivity index (χ0) is 19.1. The van der Waals surface area contributed by atoms with Gasteiger partial charge in [0.05, 0.1) is 17.9 Å². The van der Waals surface area contributed by atoms with Crippen LogP contribution >= 0.6 is 0 Å². The van der Waals surface area contributed by atoms with Crippen molar-refractivity contribution in [3.05, 3.63) is 72.4 Å². The number of unbranched alkanes of at least 4 members (excludes halogenated alkanes) is 1. The maximum atomic E-state index is 11.5. The number of primary amides is 1. The molecule has 5 heteroatoms. The van der Waals surface area contributed by atoms with Crippen molar-refractivity contribution >= 4 is 5.91 Å². The van der Waals surface area contributed by atoms with Gasteiger partial charge in [0, 0.05) is 23.9 Å². The lowest BCUT2D eigenvalue weighted by molar-refractivity contribution is -0.119. The topological polar surface area (TPSA) is 64.2 Å². The van der Waals surface area contributed by atoms with Crippen molar-refractivity contribution in [2.75, 3.05) is 13.1 Å². The molecule has 0 spiro atoms. The van der Waals surface area contributed by atoms with Gasteiger partial charge in [0.15, 0.2) is 0 Å². The molecule has 1 amide bonds. The molecule has 0 fully saturated rings. The number of amides is 1. The molecule has 3 rings (SSSR count). The highest BCUT2D eigenvalue weighted by Crippen LogP contribution is 2.25. The van der Waals surface area contributed by atoms with Gasteiger partial charge in [-0.1, -0.05) is 61.9 Å². The summed E-state index contributed by atoms with van der Waals surface area (Å²) in [4.78, 5) is 13.6. The van der Waals surface area contributed by atoms with Crippen molar-refractivity contribution in [1.82, 2.24) is 14.7 Å². The molecule has 0 saturated heterocycles. The van der Waals surface area contributed by atoms with Crippen LogP contribution in [0.4, 0.5) is 0 Å². The maximum Gasteiger partial charge on any atom is 0.231 e. The Hall–Kier alpha value is -2.92. The number of rotatable bonds is 9. The predicted octanol–water partition coefficient (Wildman–Crippen LogP) is 3.63. The molecule has 5 nitrogen and oxygen atoms in total. The Morgan fingerprint density at radius 2 is 1.74 bits per heavy atom. The number of nitrogens with two attached hydrogens (primary N) is 1. The van der Waals surface area contributed by atoms with Crippen LogP contribution in [0.25, 0.3) is 16.9 Å². The summed E-state index contributed by atoms with van der Waals surface area (Å²) in [6, 6.07) is 20.2. The van der Waals surface area contributed by atoms with E-state index >= 15 is 0 Å². The van der Waals surface area contributed by atoms with Gasteiger partial charge < -0.3 is 5.73 Å². The van der Waals surface area contributed by atoms with Gasteiger partial charge in [-0.3, -0.25) is 9.69 Å². The second-order valence-electron chi connectivity index (χ2n) is 6.68. The highest BCUT2D eigenvalue weighted by molar-refractivity contribution is 5.76. The molecule has 1 aromatic heterocycles. The molecule has 0 bridgehead atoms. The first-order valence-corrected chi connectivity index (χ1v) is 9.37. The Labute approximate surface area is 160 Å². The minimum Gasteiger partial charge on any atom is -0.369 e. The predicted molar refractivity (Wildman–Crippen MR) is 108 cm³/mol. The zero-order valence-corrected chi connectivity index (χ0v) is 15.7. The first-order valence-electron chi connectivity index (χ1n) is 9.37. The molecule has 2 N–H and O–H groups in total. The van der Waals surface area contributed by atoms with Crippen LogP contribution < -0.4 is 5.73 Å². The average molecular weight is 362 g/mol. The Morgan fingerprint density at radius 1 is 1.07 bits per heavy atom. The van der Waals surface area contributed by atoms with E-state index in [-0.39, 0.29) is 12.5 Å². The van der Waals surface area contributed by atoms with Gasteiger partial charge in [-0.15, -0.1) is 0 Å². The van der Waals surface area contributed by atoms with E-state index in [4.69, 9.17) is 10.8 Å². The number of hydrogen-bond donors (Lipinski definition) is 1. The largest absolute Gasteiger partial charge is 0.369 e. The van der Waals surface area contributed by atoms with E-state index in [1.54, 1.807) is 0 Å². The number of aromatic nitrogens is 2. The number of nitrogens with zero attached hydrogens (tertiary/aromatic N) is 3. The fourth-order valence-corrected chi connectivity index (χ4v) is 3.13. The number of carbonyl (C=O) groups excluding carboxylic acids is 1. The summed E-state index contributed by atoms with van der Waals surface area (Å²) < 4.78 is 1.90. The molecule has 0 aliphatic heterocycles. The Balaban J connectivity index is 1.96. The quantitative estimate of drug-likeness (QED) is 0.632. The summed E-state index contributed by atoms with van der Waals surface area (Å²) in [5, 5.41) is 4.84. The van der Waals surface area contributed by atoms with Crippen molar-refractivity contribution in [3.63, 3.8) is 0 Å². The average Bonchev–Trinajstić information content (AvgIpc) is 3.11. The summed E-state index contributed by atoms with van der Waals surface area (Å²) in [6.07, 6.45) is 4.16. The summed E-state index contributed by atoms with van der Waals surface area (Å²) in [6.45, 7) is 3.88. The summed E-state index contributed by atoms with van der Waals surface area (Å²) in [7, 11) is 0. The lowest BCUT2D eigenvalue weighted by atomic mass is 10.1. The normalized spacial score (nSPS) is 11.0. The minimum atomic E-state index is -0.303. The number of hydrogen-bond acceptors (Lipinski definition) is 3. The van der Waals surface area contributed by atoms with Gasteiger partial charge in [-0.25, -0.2) is 4.68 Å². The highest BCUT2D eigenvalue weighted by atomic mass is 16.1. The highest BCUT2D eigenvalue weighted by Gasteiger charge is 2.16. The van der Waals surface area contributed by atoms with Crippen LogP contribution in [0.1, 0.15) is 25.3 Å². The van der Waals surface area contributed by atoms with Crippen LogP contribution in [0.3, 0.4) is 0 Å². The molecule has 0 radical (unpaired) electrons. The van der Waals surface area contributed by atoms with Gasteiger partial charge >= 0.3 is 0 Å². The molecule has 0 saturated carbocycles. The van der Waals surface area contributed by atoms with Crippen molar-refractivity contribution < 1.29 is 4.79 Å². The van der Waals surface area contributed by atoms with Crippen LogP contribution in [0.15, 0.2) is 66.9 Å². The molecule has 1 heterocycles. The first-order chi connectivity index (χ1) is 13.2. The van der Waals surface area contributed by atoms with Crippen LogP contribution in [0.2, 0.25) is 0 Å². The molecule has 2 aromatic carbocycles. The van der Waals surface area contributed by atoms with Gasteiger partial charge in [0.25, 0.3) is 0 Å². The van der Waals surface area contributed by atoms with Crippen LogP contribution in [0.5, 0.6) is 0 Å². The fourth-order valence-electron chi connectivity index (χ4n) is 3.13. The summed E-state index contributed by atoms with van der Waals surface area (Å²) in [5.41, 5.74) is 9.56. The van der Waals surface area contributed by atoms with E-state index in [9.17, 15) is 4.79 Å². The first kappa shape index (κ1) is 18.9. The van der Waals surface area contributed by atoms with E-state index < -0.39 is 0 Å². The molecular formula is C22H26N4O. The van der Waals surface area contributed by atoms with Gasteiger partial charge in [-0.05, 0) is 25.1 Å². The lowest BCUT2D eigenvalue weighted by Crippen LogP contribution is -2.34. The lowest BCUT2D eigenvalue weighted by Gasteiger charge is -2.20. The number of carbonyl (C=O) groups is 1. The van der Waals surface area contributed by atoms with Gasteiger partial charge in [0.1, 0.15) is 0 Å². The van der Waals surface area contributed by atoms with E-state index in [2.05, 4.69) is 30.2 Å². The molecule has 27 heavy (non-hydrogen) atoms. The van der Waals surface area contributed by atoms with Gasteiger partial charge in [0.2, 0.25) is 5.91 Å². The minimum absolute atomic E-state index is 0.255. The van der Waals surface area contributed by atoms with E-state index in [1.165, 1.54) is 0 Å². The van der Waals surface area contributed by atoms with Crippen molar-refractivity contribution in [3.8, 4) is 16.9 Å². The monoisotopic (exact) mass is 362 g/mol. The third kappa shape index (κ3) is 5.05. The molecule has 140 valence electrons. The van der Waals surface area contributed by atoms with E-state index in [0.717, 1.165) is 41.9 Å². The van der Waals surface area contributed by atoms with Crippen LogP contribution in [-0.4, -0.2) is 33.7 Å². The SMILES string of the molecule is CCCCN(CC(N)=O)Cc1cn(-c2ccccc2)nc1-c1ccccc1. The Bertz CT molecular complexity index is 859. The molecule has 0 aliphatic rings. The summed E-state index contributed by atoms with van der Waals surface area (Å²) in [5.74, 6) is -0.303. The number of benzene rings is 2. The zero-order valence-electron chi connectivity index (χ0n) is 15.7. The smallest absolute Gasteiger partial charge is 0.231 e.